The van der Waals surface area contributed by atoms with Crippen molar-refractivity contribution in [3.8, 4) is 0 Å². The highest BCUT2D eigenvalue weighted by molar-refractivity contribution is 6.30. The second-order valence-corrected chi connectivity index (χ2v) is 12.2. The number of aliphatic hydroxyl groups is 5. The van der Waals surface area contributed by atoms with Crippen LogP contribution < -0.4 is 5.73 Å². The van der Waals surface area contributed by atoms with Gasteiger partial charge < -0.3 is 45.8 Å². The third-order valence-corrected chi connectivity index (χ3v) is 8.48. The van der Waals surface area contributed by atoms with Crippen LogP contribution >= 0.6 is 23.2 Å². The quantitative estimate of drug-likeness (QED) is 0.0361. The maximum Gasteiger partial charge on any atom is 0.405 e. The number of alkyl halides is 1. The molecule has 12 nitrogen and oxygen atoms in total. The lowest BCUT2D eigenvalue weighted by atomic mass is 9.85. The number of ether oxygens (including phenoxy) is 2. The fourth-order valence-electron chi connectivity index (χ4n) is 4.61. The molecule has 8 N–H and O–H groups in total. The molecular weight excluding hydrogens is 657 g/mol. The van der Waals surface area contributed by atoms with E-state index in [1.54, 1.807) is 43.4 Å². The van der Waals surface area contributed by atoms with Gasteiger partial charge in [0.15, 0.2) is 0 Å². The third kappa shape index (κ3) is 15.7. The molecule has 1 rings (SSSR count). The van der Waals surface area contributed by atoms with Gasteiger partial charge in [0.2, 0.25) is 0 Å². The van der Waals surface area contributed by atoms with E-state index < -0.39 is 84.4 Å². The fraction of sp³-hybridized carbons (Fsp3) is 0.545. The van der Waals surface area contributed by atoms with Crippen molar-refractivity contribution in [2.75, 3.05) is 0 Å². The summed E-state index contributed by atoms with van der Waals surface area (Å²) in [5, 5.41) is 60.1. The van der Waals surface area contributed by atoms with Crippen LogP contribution in [0.5, 0.6) is 0 Å². The molecule has 10 unspecified atom stereocenters. The Morgan fingerprint density at radius 2 is 1.62 bits per heavy atom. The number of hydrogen-bond acceptors (Lipinski definition) is 10. The zero-order valence-electron chi connectivity index (χ0n) is 26.6. The first-order valence-electron chi connectivity index (χ1n) is 15.2. The van der Waals surface area contributed by atoms with Crippen molar-refractivity contribution >= 4 is 41.2 Å². The fourth-order valence-corrected chi connectivity index (χ4v) is 5.05. The lowest BCUT2D eigenvalue weighted by molar-refractivity contribution is -0.156. The minimum Gasteiger partial charge on any atom is -0.481 e. The van der Waals surface area contributed by atoms with E-state index in [1.807, 2.05) is 13.8 Å². The Balaban J connectivity index is 2.63. The molecule has 0 heterocycles. The number of primary amides is 1. The zero-order chi connectivity index (χ0) is 35.7. The van der Waals surface area contributed by atoms with Crippen LogP contribution in [0.3, 0.4) is 0 Å². The maximum atomic E-state index is 12.0. The summed E-state index contributed by atoms with van der Waals surface area (Å²) in [6.07, 6.45) is 6.31. The Hall–Kier alpha value is -2.97. The van der Waals surface area contributed by atoms with Crippen LogP contribution in [-0.2, 0) is 19.1 Å². The van der Waals surface area contributed by atoms with Gasteiger partial charge in [-0.15, -0.1) is 11.6 Å². The molecule has 10 atom stereocenters. The largest absolute Gasteiger partial charge is 0.481 e. The molecule has 1 aliphatic rings. The first kappa shape index (κ1) is 42.1. The number of aliphatic carboxylic acids is 1. The van der Waals surface area contributed by atoms with E-state index in [1.165, 1.54) is 24.3 Å². The summed E-state index contributed by atoms with van der Waals surface area (Å²) in [5.74, 6) is -3.06. The summed E-state index contributed by atoms with van der Waals surface area (Å²) in [4.78, 5) is 34.3. The minimum absolute atomic E-state index is 0.0377. The van der Waals surface area contributed by atoms with Gasteiger partial charge in [0, 0.05) is 23.4 Å². The smallest absolute Gasteiger partial charge is 0.405 e. The van der Waals surface area contributed by atoms with Gasteiger partial charge in [0.1, 0.15) is 23.7 Å². The summed E-state index contributed by atoms with van der Waals surface area (Å²) in [6.45, 7) is 5.19. The highest BCUT2D eigenvalue weighted by Crippen LogP contribution is 2.27. The topological polar surface area (TPSA) is 217 Å². The molecule has 1 saturated carbocycles. The predicted octanol–water partition coefficient (Wildman–Crippen LogP) is 3.39. The van der Waals surface area contributed by atoms with E-state index >= 15 is 0 Å². The molecule has 1 amide bonds. The number of halogens is 2. The monoisotopic (exact) mass is 703 g/mol. The van der Waals surface area contributed by atoms with Crippen LogP contribution in [0.15, 0.2) is 71.4 Å². The molecule has 14 heteroatoms. The molecular formula is C33H47Cl2NO11. The van der Waals surface area contributed by atoms with Crippen molar-refractivity contribution < 1.29 is 54.5 Å². The number of allylic oxidation sites excluding steroid dienone is 9. The number of carbonyl (C=O) groups is 3. The summed E-state index contributed by atoms with van der Waals surface area (Å²) >= 11 is 12.5. The van der Waals surface area contributed by atoms with Gasteiger partial charge in [-0.2, -0.15) is 0 Å². The lowest BCUT2D eigenvalue weighted by Gasteiger charge is -2.30. The van der Waals surface area contributed by atoms with E-state index in [9.17, 15) is 39.9 Å². The van der Waals surface area contributed by atoms with Crippen molar-refractivity contribution in [1.82, 2.24) is 0 Å². The molecule has 1 aliphatic carbocycles. The molecule has 264 valence electrons. The van der Waals surface area contributed by atoms with Crippen molar-refractivity contribution in [1.29, 1.82) is 0 Å². The van der Waals surface area contributed by atoms with Crippen LogP contribution in [0.4, 0.5) is 4.79 Å². The normalized spacial score (nSPS) is 24.3. The Bertz CT molecular complexity index is 1200. The second-order valence-electron chi connectivity index (χ2n) is 11.3. The number of aliphatic hydroxyl groups excluding tert-OH is 5. The third-order valence-electron chi connectivity index (χ3n) is 7.47. The molecule has 47 heavy (non-hydrogen) atoms. The molecule has 0 saturated heterocycles. The van der Waals surface area contributed by atoms with Gasteiger partial charge in [0.05, 0.1) is 30.3 Å². The van der Waals surface area contributed by atoms with Crippen LogP contribution in [0, 0.1) is 11.8 Å². The van der Waals surface area contributed by atoms with Gasteiger partial charge in [-0.25, -0.2) is 9.59 Å². The zero-order valence-corrected chi connectivity index (χ0v) is 28.2. The van der Waals surface area contributed by atoms with Crippen molar-refractivity contribution in [3.05, 3.63) is 71.4 Å². The number of nitrogens with two attached hydrogens (primary N) is 1. The number of carbonyl (C=O) groups excluding carboxylic acids is 2. The summed E-state index contributed by atoms with van der Waals surface area (Å²) in [6, 6.07) is 0. The van der Waals surface area contributed by atoms with Crippen LogP contribution in [0.1, 0.15) is 52.9 Å². The van der Waals surface area contributed by atoms with Gasteiger partial charge in [-0.1, -0.05) is 73.6 Å². The number of esters is 1. The summed E-state index contributed by atoms with van der Waals surface area (Å²) < 4.78 is 10.1. The molecule has 0 aromatic rings. The number of rotatable bonds is 18. The molecule has 0 bridgehead atoms. The second kappa shape index (κ2) is 21.8. The first-order valence-corrected chi connectivity index (χ1v) is 16.1. The Morgan fingerprint density at radius 3 is 2.21 bits per heavy atom. The molecule has 0 radical (unpaired) electrons. The standard InChI is InChI=1S/C33H47Cl2NO11/c1-4-5-13-27(47-33(36)45)29(35)24(38)18-25(39)31(42)30(41)20(3)22(34)12-8-6-10-19(2)11-7-9-14-28(40)46-26-16-15-21(32(43)44)17-23(26)37/h5-14,20-21,23-27,29-31,37-39,41-42H,4,15-18H2,1-3H3,(H2,36,45)(H,43,44)/b8-6+,11-7+,13-5+,14-9+,19-10+,22-12-. The number of amides is 1. The average Bonchev–Trinajstić information content (AvgIpc) is 3.02. The molecule has 0 aromatic carbocycles. The van der Waals surface area contributed by atoms with Crippen molar-refractivity contribution in [3.63, 3.8) is 0 Å². The van der Waals surface area contributed by atoms with E-state index in [4.69, 9.17) is 43.5 Å². The summed E-state index contributed by atoms with van der Waals surface area (Å²) in [5.41, 5.74) is 5.87. The van der Waals surface area contributed by atoms with Crippen molar-refractivity contribution in [2.45, 2.75) is 101 Å². The predicted molar refractivity (Wildman–Crippen MR) is 177 cm³/mol. The van der Waals surface area contributed by atoms with Gasteiger partial charge in [-0.3, -0.25) is 4.79 Å². The maximum absolute atomic E-state index is 12.0. The van der Waals surface area contributed by atoms with Gasteiger partial charge in [-0.05, 0) is 44.8 Å². The Labute approximate surface area is 285 Å². The van der Waals surface area contributed by atoms with Crippen LogP contribution in [0.2, 0.25) is 0 Å². The minimum atomic E-state index is -1.69. The van der Waals surface area contributed by atoms with Crippen molar-refractivity contribution in [2.24, 2.45) is 17.6 Å². The Morgan fingerprint density at radius 1 is 0.979 bits per heavy atom. The van der Waals surface area contributed by atoms with Crippen LogP contribution in [0.25, 0.3) is 0 Å². The first-order chi connectivity index (χ1) is 22.1. The molecule has 0 aromatic heterocycles. The van der Waals surface area contributed by atoms with E-state index in [-0.39, 0.29) is 17.9 Å². The van der Waals surface area contributed by atoms with E-state index in [0.29, 0.717) is 12.8 Å². The Kier molecular flexibility index (Phi) is 19.5. The highest BCUT2D eigenvalue weighted by Gasteiger charge is 2.36. The SMILES string of the molecule is CC/C=C/C(OC(N)=O)C(Cl)C(O)CC(O)C(O)C(O)C(C)/C(Cl)=C/C=C/C=C(C)/C=C/C=C/C(=O)OC1CCC(C(=O)O)CC1O. The average molecular weight is 705 g/mol. The van der Waals surface area contributed by atoms with Gasteiger partial charge in [0.25, 0.3) is 0 Å². The molecule has 1 fully saturated rings. The number of carboxylic acids is 1. The van der Waals surface area contributed by atoms with E-state index in [0.717, 1.165) is 5.57 Å². The summed E-state index contributed by atoms with van der Waals surface area (Å²) in [7, 11) is 0. The number of carboxylic acid groups (broad SMARTS) is 1. The lowest BCUT2D eigenvalue weighted by Crippen LogP contribution is -2.45. The number of hydrogen-bond donors (Lipinski definition) is 7. The highest BCUT2D eigenvalue weighted by atomic mass is 35.5. The van der Waals surface area contributed by atoms with Gasteiger partial charge >= 0.3 is 18.0 Å². The molecule has 0 aliphatic heterocycles. The molecule has 0 spiro atoms. The van der Waals surface area contributed by atoms with Crippen LogP contribution in [-0.4, -0.2) is 96.8 Å². The van der Waals surface area contributed by atoms with E-state index in [2.05, 4.69) is 0 Å².